The van der Waals surface area contributed by atoms with E-state index in [0.29, 0.717) is 17.1 Å². The summed E-state index contributed by atoms with van der Waals surface area (Å²) in [6, 6.07) is 10.6. The number of hydrogen-bond acceptors (Lipinski definition) is 5. The van der Waals surface area contributed by atoms with Gasteiger partial charge in [-0.25, -0.2) is 0 Å². The lowest BCUT2D eigenvalue weighted by atomic mass is 10.2. The van der Waals surface area contributed by atoms with Crippen molar-refractivity contribution < 1.29 is 9.21 Å². The summed E-state index contributed by atoms with van der Waals surface area (Å²) < 4.78 is 5.37. The maximum Gasteiger partial charge on any atom is 0.309 e. The molecule has 0 unspecified atom stereocenters. The first-order valence-electron chi connectivity index (χ1n) is 6.49. The summed E-state index contributed by atoms with van der Waals surface area (Å²) in [7, 11) is 0. The fourth-order valence-corrected chi connectivity index (χ4v) is 2.00. The average Bonchev–Trinajstić information content (AvgIpc) is 3.04. The highest BCUT2D eigenvalue weighted by Gasteiger charge is 2.15. The molecule has 0 saturated carbocycles. The van der Waals surface area contributed by atoms with Gasteiger partial charge < -0.3 is 9.73 Å². The van der Waals surface area contributed by atoms with E-state index in [4.69, 9.17) is 16.0 Å². The Hall–Kier alpha value is -2.73. The Bertz CT molecular complexity index is 789. The van der Waals surface area contributed by atoms with Crippen LogP contribution in [0.4, 0.5) is 0 Å². The molecule has 0 fully saturated rings. The van der Waals surface area contributed by atoms with Crippen LogP contribution in [0.15, 0.2) is 53.2 Å². The minimum absolute atomic E-state index is 0.0935. The number of pyridine rings is 1. The van der Waals surface area contributed by atoms with E-state index < -0.39 is 5.91 Å². The molecule has 0 aliphatic heterocycles. The van der Waals surface area contributed by atoms with Crippen molar-refractivity contribution in [2.24, 2.45) is 0 Å². The Morgan fingerprint density at radius 2 is 2.00 bits per heavy atom. The van der Waals surface area contributed by atoms with Crippen molar-refractivity contribution in [1.29, 1.82) is 0 Å². The molecule has 0 aliphatic carbocycles. The lowest BCUT2D eigenvalue weighted by Gasteiger charge is -2.01. The molecule has 0 spiro atoms. The van der Waals surface area contributed by atoms with Crippen molar-refractivity contribution in [2.75, 3.05) is 0 Å². The van der Waals surface area contributed by atoms with Gasteiger partial charge in [-0.15, -0.1) is 10.2 Å². The predicted molar refractivity (Wildman–Crippen MR) is 80.2 cm³/mol. The van der Waals surface area contributed by atoms with Gasteiger partial charge in [0.15, 0.2) is 0 Å². The van der Waals surface area contributed by atoms with E-state index in [0.717, 1.165) is 5.56 Å². The number of halogens is 1. The quantitative estimate of drug-likeness (QED) is 0.800. The van der Waals surface area contributed by atoms with Crippen LogP contribution < -0.4 is 5.32 Å². The molecular formula is C15H11ClN4O2. The van der Waals surface area contributed by atoms with Crippen LogP contribution in [0.5, 0.6) is 0 Å². The van der Waals surface area contributed by atoms with E-state index in [1.54, 1.807) is 36.7 Å². The van der Waals surface area contributed by atoms with Crippen molar-refractivity contribution in [3.05, 3.63) is 65.3 Å². The highest BCUT2D eigenvalue weighted by Crippen LogP contribution is 2.21. The summed E-state index contributed by atoms with van der Waals surface area (Å²) in [5.41, 5.74) is 1.59. The number of benzene rings is 1. The molecule has 7 heteroatoms. The van der Waals surface area contributed by atoms with Gasteiger partial charge in [-0.3, -0.25) is 9.78 Å². The van der Waals surface area contributed by atoms with Crippen molar-refractivity contribution in [3.63, 3.8) is 0 Å². The Labute approximate surface area is 131 Å². The summed E-state index contributed by atoms with van der Waals surface area (Å²) >= 11 is 5.91. The topological polar surface area (TPSA) is 80.9 Å². The molecule has 1 aromatic carbocycles. The van der Waals surface area contributed by atoms with E-state index in [-0.39, 0.29) is 11.8 Å². The number of carbonyl (C=O) groups excluding carboxylic acids is 1. The van der Waals surface area contributed by atoms with Crippen LogP contribution in [0, 0.1) is 0 Å². The van der Waals surface area contributed by atoms with Gasteiger partial charge in [0.2, 0.25) is 5.89 Å². The van der Waals surface area contributed by atoms with E-state index >= 15 is 0 Å². The monoisotopic (exact) mass is 314 g/mol. The van der Waals surface area contributed by atoms with Crippen LogP contribution in [0.2, 0.25) is 5.02 Å². The third kappa shape index (κ3) is 3.29. The summed E-state index contributed by atoms with van der Waals surface area (Å²) in [5.74, 6) is -0.279. The molecule has 0 bridgehead atoms. The molecule has 0 saturated heterocycles. The van der Waals surface area contributed by atoms with Crippen LogP contribution in [0.25, 0.3) is 11.5 Å². The van der Waals surface area contributed by atoms with Gasteiger partial charge in [0, 0.05) is 29.5 Å². The molecule has 1 amide bonds. The molecular weight excluding hydrogens is 304 g/mol. The van der Waals surface area contributed by atoms with Crippen molar-refractivity contribution >= 4 is 17.5 Å². The van der Waals surface area contributed by atoms with Crippen LogP contribution in [-0.4, -0.2) is 21.1 Å². The van der Waals surface area contributed by atoms with Gasteiger partial charge in [-0.2, -0.15) is 0 Å². The van der Waals surface area contributed by atoms with Crippen LogP contribution in [0.1, 0.15) is 16.2 Å². The van der Waals surface area contributed by atoms with E-state index in [1.165, 1.54) is 0 Å². The second-order valence-corrected chi connectivity index (χ2v) is 4.90. The highest BCUT2D eigenvalue weighted by atomic mass is 35.5. The summed E-state index contributed by atoms with van der Waals surface area (Å²) in [5, 5.41) is 10.9. The van der Waals surface area contributed by atoms with Crippen molar-refractivity contribution in [1.82, 2.24) is 20.5 Å². The molecule has 3 aromatic rings. The zero-order chi connectivity index (χ0) is 15.4. The summed E-state index contributed by atoms with van der Waals surface area (Å²) in [4.78, 5) is 15.9. The fourth-order valence-electron chi connectivity index (χ4n) is 1.81. The number of aromatic nitrogens is 3. The Morgan fingerprint density at radius 3 is 2.77 bits per heavy atom. The van der Waals surface area contributed by atoms with E-state index in [9.17, 15) is 4.79 Å². The van der Waals surface area contributed by atoms with Crippen molar-refractivity contribution in [3.8, 4) is 11.5 Å². The third-order valence-electron chi connectivity index (χ3n) is 2.89. The van der Waals surface area contributed by atoms with E-state index in [1.807, 2.05) is 12.1 Å². The molecule has 0 atom stereocenters. The van der Waals surface area contributed by atoms with Gasteiger partial charge in [-0.1, -0.05) is 17.7 Å². The Kier molecular flexibility index (Phi) is 4.11. The highest BCUT2D eigenvalue weighted by molar-refractivity contribution is 6.30. The van der Waals surface area contributed by atoms with Crippen LogP contribution in [-0.2, 0) is 6.54 Å². The maximum absolute atomic E-state index is 12.0. The number of hydrogen-bond donors (Lipinski definition) is 1. The number of nitrogens with zero attached hydrogens (tertiary/aromatic N) is 3. The first kappa shape index (κ1) is 14.2. The smallest absolute Gasteiger partial charge is 0.309 e. The van der Waals surface area contributed by atoms with Gasteiger partial charge in [0.25, 0.3) is 0 Å². The molecule has 22 heavy (non-hydrogen) atoms. The third-order valence-corrected chi connectivity index (χ3v) is 3.13. The molecule has 0 radical (unpaired) electrons. The molecule has 2 aromatic heterocycles. The molecule has 3 rings (SSSR count). The predicted octanol–water partition coefficient (Wildman–Crippen LogP) is 2.72. The summed E-state index contributed by atoms with van der Waals surface area (Å²) in [6.45, 7) is 0.357. The minimum atomic E-state index is -0.433. The van der Waals surface area contributed by atoms with Gasteiger partial charge in [0.1, 0.15) is 0 Å². The van der Waals surface area contributed by atoms with Crippen LogP contribution >= 0.6 is 11.6 Å². The minimum Gasteiger partial charge on any atom is -0.412 e. The molecule has 2 heterocycles. The number of rotatable bonds is 4. The van der Waals surface area contributed by atoms with E-state index in [2.05, 4.69) is 20.5 Å². The molecule has 1 N–H and O–H groups in total. The van der Waals surface area contributed by atoms with Gasteiger partial charge in [-0.05, 0) is 35.9 Å². The van der Waals surface area contributed by atoms with Gasteiger partial charge >= 0.3 is 11.8 Å². The SMILES string of the molecule is O=C(NCc1ccncc1)c1nnc(-c2cccc(Cl)c2)o1. The molecule has 6 nitrogen and oxygen atoms in total. The second kappa shape index (κ2) is 6.36. The van der Waals surface area contributed by atoms with Gasteiger partial charge in [0.05, 0.1) is 0 Å². The Balaban J connectivity index is 1.69. The van der Waals surface area contributed by atoms with Crippen LogP contribution in [0.3, 0.4) is 0 Å². The lowest BCUT2D eigenvalue weighted by Crippen LogP contribution is -2.23. The normalized spacial score (nSPS) is 10.4. The Morgan fingerprint density at radius 1 is 1.18 bits per heavy atom. The van der Waals surface area contributed by atoms with Crippen molar-refractivity contribution in [2.45, 2.75) is 6.54 Å². The lowest BCUT2D eigenvalue weighted by molar-refractivity contribution is 0.0917. The largest absolute Gasteiger partial charge is 0.412 e. The number of nitrogens with one attached hydrogen (secondary N) is 1. The average molecular weight is 315 g/mol. The summed E-state index contributed by atoms with van der Waals surface area (Å²) in [6.07, 6.45) is 3.32. The molecule has 110 valence electrons. The first-order valence-corrected chi connectivity index (χ1v) is 6.87. The zero-order valence-corrected chi connectivity index (χ0v) is 12.1. The fraction of sp³-hybridized carbons (Fsp3) is 0.0667. The standard InChI is InChI=1S/C15H11ClN4O2/c16-12-3-1-2-11(8-12)14-19-20-15(22-14)13(21)18-9-10-4-6-17-7-5-10/h1-8H,9H2,(H,18,21). The number of amides is 1. The zero-order valence-electron chi connectivity index (χ0n) is 11.4. The maximum atomic E-state index is 12.0. The molecule has 0 aliphatic rings. The number of carbonyl (C=O) groups is 1. The first-order chi connectivity index (χ1) is 10.7. The second-order valence-electron chi connectivity index (χ2n) is 4.46.